The molecule has 0 spiro atoms. The Morgan fingerprint density at radius 1 is 1.31 bits per heavy atom. The molecule has 2 aromatic carbocycles. The summed E-state index contributed by atoms with van der Waals surface area (Å²) in [7, 11) is 1.63. The number of thiazole rings is 1. The summed E-state index contributed by atoms with van der Waals surface area (Å²) in [5, 5.41) is 10.9. The van der Waals surface area contributed by atoms with Crippen molar-refractivity contribution < 1.29 is 14.5 Å². The summed E-state index contributed by atoms with van der Waals surface area (Å²) >= 11 is 1.46. The zero-order valence-corrected chi connectivity index (χ0v) is 17.2. The lowest BCUT2D eigenvalue weighted by atomic mass is 10.1. The van der Waals surface area contributed by atoms with Crippen LogP contribution in [0.2, 0.25) is 0 Å². The number of benzene rings is 2. The Hall–Kier alpha value is -3.10. The maximum Gasteiger partial charge on any atom is 0.272 e. The average Bonchev–Trinajstić information content (AvgIpc) is 3.01. The van der Waals surface area contributed by atoms with Gasteiger partial charge in [-0.15, -0.1) is 0 Å². The van der Waals surface area contributed by atoms with Gasteiger partial charge >= 0.3 is 0 Å². The summed E-state index contributed by atoms with van der Waals surface area (Å²) in [6.07, 6.45) is 2.85. The van der Waals surface area contributed by atoms with Crippen molar-refractivity contribution in [2.24, 2.45) is 4.99 Å². The second-order valence-corrected chi connectivity index (χ2v) is 7.60. The van der Waals surface area contributed by atoms with Crippen LogP contribution in [0, 0.1) is 24.0 Å². The lowest BCUT2D eigenvalue weighted by Gasteiger charge is -2.07. The Labute approximate surface area is 171 Å². The zero-order chi connectivity index (χ0) is 21.0. The van der Waals surface area contributed by atoms with Gasteiger partial charge in [0.15, 0.2) is 4.80 Å². The molecule has 8 heteroatoms. The molecule has 3 aromatic rings. The van der Waals surface area contributed by atoms with Gasteiger partial charge in [-0.05, 0) is 42.7 Å². The third kappa shape index (κ3) is 4.85. The highest BCUT2D eigenvalue weighted by atomic mass is 32.1. The number of fused-ring (bicyclic) bond motifs is 1. The molecule has 0 aliphatic carbocycles. The van der Waals surface area contributed by atoms with Crippen LogP contribution >= 0.6 is 11.3 Å². The predicted molar refractivity (Wildman–Crippen MR) is 114 cm³/mol. The maximum absolute atomic E-state index is 12.4. The van der Waals surface area contributed by atoms with Crippen LogP contribution in [0.15, 0.2) is 47.5 Å². The highest BCUT2D eigenvalue weighted by Crippen LogP contribution is 2.23. The number of nitrogens with zero attached hydrogens (tertiary/aromatic N) is 3. The van der Waals surface area contributed by atoms with Crippen molar-refractivity contribution in [2.75, 3.05) is 13.7 Å². The summed E-state index contributed by atoms with van der Waals surface area (Å²) in [6, 6.07) is 10.3. The van der Waals surface area contributed by atoms with Crippen LogP contribution < -0.4 is 4.80 Å². The van der Waals surface area contributed by atoms with E-state index in [0.29, 0.717) is 23.5 Å². The fourth-order valence-electron chi connectivity index (χ4n) is 3.11. The summed E-state index contributed by atoms with van der Waals surface area (Å²) in [5.41, 5.74) is 3.86. The minimum Gasteiger partial charge on any atom is -0.383 e. The monoisotopic (exact) mass is 411 g/mol. The van der Waals surface area contributed by atoms with Gasteiger partial charge in [0, 0.05) is 31.9 Å². The number of hydrogen-bond donors (Lipinski definition) is 0. The number of methoxy groups -OCH3 is 1. The average molecular weight is 411 g/mol. The molecule has 0 unspecified atom stereocenters. The van der Waals surface area contributed by atoms with E-state index in [9.17, 15) is 14.9 Å². The molecule has 0 aliphatic rings. The van der Waals surface area contributed by atoms with Gasteiger partial charge in [0.1, 0.15) is 0 Å². The van der Waals surface area contributed by atoms with Gasteiger partial charge < -0.3 is 9.30 Å². The van der Waals surface area contributed by atoms with Gasteiger partial charge in [-0.1, -0.05) is 29.5 Å². The Balaban J connectivity index is 1.98. The lowest BCUT2D eigenvalue weighted by molar-refractivity contribution is -0.384. The fourth-order valence-corrected chi connectivity index (χ4v) is 4.35. The molecule has 0 aliphatic heterocycles. The third-order valence-electron chi connectivity index (χ3n) is 4.34. The topological polar surface area (TPSA) is 86.7 Å². The van der Waals surface area contributed by atoms with Gasteiger partial charge in [0.2, 0.25) is 0 Å². The molecule has 0 saturated heterocycles. The van der Waals surface area contributed by atoms with Crippen molar-refractivity contribution in [3.8, 4) is 0 Å². The Morgan fingerprint density at radius 3 is 2.83 bits per heavy atom. The van der Waals surface area contributed by atoms with E-state index in [2.05, 4.69) is 17.1 Å². The van der Waals surface area contributed by atoms with Gasteiger partial charge in [-0.25, -0.2) is 0 Å². The second kappa shape index (κ2) is 8.93. The molecule has 1 amide bonds. The van der Waals surface area contributed by atoms with Gasteiger partial charge in [0.05, 0.1) is 21.7 Å². The number of ether oxygens (including phenoxy) is 1. The number of non-ortho nitro benzene ring substituents is 1. The molecule has 0 N–H and O–H groups in total. The van der Waals surface area contributed by atoms with E-state index in [1.165, 1.54) is 35.6 Å². The number of carbonyl (C=O) groups excluding carboxylic acids is 1. The van der Waals surface area contributed by atoms with E-state index in [4.69, 9.17) is 4.74 Å². The van der Waals surface area contributed by atoms with Crippen LogP contribution in [0.4, 0.5) is 5.69 Å². The number of nitro benzene ring substituents is 1. The predicted octanol–water partition coefficient (Wildman–Crippen LogP) is 4.01. The molecular weight excluding hydrogens is 390 g/mol. The van der Waals surface area contributed by atoms with Crippen LogP contribution in [0.25, 0.3) is 16.3 Å². The smallest absolute Gasteiger partial charge is 0.272 e. The number of nitro groups is 1. The van der Waals surface area contributed by atoms with Gasteiger partial charge in [0.25, 0.3) is 11.6 Å². The van der Waals surface area contributed by atoms with E-state index in [1.807, 2.05) is 18.4 Å². The molecule has 150 valence electrons. The quantitative estimate of drug-likeness (QED) is 0.348. The van der Waals surface area contributed by atoms with Crippen molar-refractivity contribution >= 4 is 39.2 Å². The Kier molecular flexibility index (Phi) is 6.36. The first-order valence-corrected chi connectivity index (χ1v) is 9.81. The molecule has 1 aromatic heterocycles. The van der Waals surface area contributed by atoms with Crippen LogP contribution in [0.5, 0.6) is 0 Å². The SMILES string of the molecule is COCCn1c(=NC(=O)C=Cc2cccc([N+](=O)[O-])c2)sc2cc(C)cc(C)c21. The number of carbonyl (C=O) groups is 1. The number of hydrogen-bond acceptors (Lipinski definition) is 5. The van der Waals surface area contributed by atoms with E-state index >= 15 is 0 Å². The van der Waals surface area contributed by atoms with E-state index in [1.54, 1.807) is 19.2 Å². The van der Waals surface area contributed by atoms with Crippen molar-refractivity contribution in [3.63, 3.8) is 0 Å². The first-order chi connectivity index (χ1) is 13.9. The number of amides is 1. The van der Waals surface area contributed by atoms with E-state index < -0.39 is 10.8 Å². The molecule has 0 fully saturated rings. The largest absolute Gasteiger partial charge is 0.383 e. The summed E-state index contributed by atoms with van der Waals surface area (Å²) in [4.78, 5) is 27.7. The van der Waals surface area contributed by atoms with Crippen molar-refractivity contribution in [2.45, 2.75) is 20.4 Å². The van der Waals surface area contributed by atoms with Crippen LogP contribution in [-0.2, 0) is 16.1 Å². The van der Waals surface area contributed by atoms with Gasteiger partial charge in [-0.2, -0.15) is 4.99 Å². The number of rotatable bonds is 6. The molecule has 0 radical (unpaired) electrons. The molecule has 1 heterocycles. The van der Waals surface area contributed by atoms with Crippen LogP contribution in [-0.4, -0.2) is 29.1 Å². The normalized spacial score (nSPS) is 12.2. The fraction of sp³-hybridized carbons (Fsp3) is 0.238. The highest BCUT2D eigenvalue weighted by molar-refractivity contribution is 7.16. The minimum absolute atomic E-state index is 0.0238. The van der Waals surface area contributed by atoms with Gasteiger partial charge in [-0.3, -0.25) is 14.9 Å². The third-order valence-corrected chi connectivity index (χ3v) is 5.36. The Bertz CT molecular complexity index is 1170. The molecule has 0 bridgehead atoms. The highest BCUT2D eigenvalue weighted by Gasteiger charge is 2.10. The Morgan fingerprint density at radius 2 is 2.10 bits per heavy atom. The maximum atomic E-state index is 12.4. The molecule has 3 rings (SSSR count). The zero-order valence-electron chi connectivity index (χ0n) is 16.4. The summed E-state index contributed by atoms with van der Waals surface area (Å²) < 4.78 is 8.27. The summed E-state index contributed by atoms with van der Waals surface area (Å²) in [5.74, 6) is -0.427. The standard InChI is InChI=1S/C21H21N3O4S/c1-14-11-15(2)20-18(12-14)29-21(23(20)9-10-28-3)22-19(25)8-7-16-5-4-6-17(13-16)24(26)27/h4-8,11-13H,9-10H2,1-3H3. The minimum atomic E-state index is -0.468. The van der Waals surface area contributed by atoms with E-state index in [0.717, 1.165) is 21.3 Å². The first-order valence-electron chi connectivity index (χ1n) is 9.00. The van der Waals surface area contributed by atoms with Crippen LogP contribution in [0.1, 0.15) is 16.7 Å². The number of aryl methyl sites for hydroxylation is 2. The molecular formula is C21H21N3O4S. The summed E-state index contributed by atoms with van der Waals surface area (Å²) in [6.45, 7) is 5.17. The lowest BCUT2D eigenvalue weighted by Crippen LogP contribution is -2.19. The second-order valence-electron chi connectivity index (χ2n) is 6.59. The van der Waals surface area contributed by atoms with Crippen molar-refractivity contribution in [3.05, 3.63) is 74.1 Å². The van der Waals surface area contributed by atoms with Crippen LogP contribution in [0.3, 0.4) is 0 Å². The number of aromatic nitrogens is 1. The molecule has 7 nitrogen and oxygen atoms in total. The molecule has 29 heavy (non-hydrogen) atoms. The van der Waals surface area contributed by atoms with Crippen molar-refractivity contribution in [1.82, 2.24) is 4.57 Å². The van der Waals surface area contributed by atoms with Crippen molar-refractivity contribution in [1.29, 1.82) is 0 Å². The first kappa shape index (κ1) is 20.6. The molecule has 0 saturated carbocycles. The molecule has 0 atom stereocenters. The van der Waals surface area contributed by atoms with E-state index in [-0.39, 0.29) is 5.69 Å².